The molecule has 3 aromatic rings. The molecule has 1 spiro atoms. The van der Waals surface area contributed by atoms with Crippen LogP contribution in [-0.4, -0.2) is 42.7 Å². The van der Waals surface area contributed by atoms with Gasteiger partial charge in [-0.3, -0.25) is 19.4 Å². The molecular formula is C31H33N3O5S. The molecule has 2 aliphatic rings. The Bertz CT molecular complexity index is 1510. The van der Waals surface area contributed by atoms with E-state index in [4.69, 9.17) is 0 Å². The summed E-state index contributed by atoms with van der Waals surface area (Å²) in [4.78, 5) is 39.4. The van der Waals surface area contributed by atoms with Crippen molar-refractivity contribution in [1.29, 1.82) is 0 Å². The van der Waals surface area contributed by atoms with Crippen molar-refractivity contribution in [3.05, 3.63) is 90.0 Å². The Hall–Kier alpha value is -3.98. The van der Waals surface area contributed by atoms with Crippen LogP contribution in [0.4, 0.5) is 0 Å². The van der Waals surface area contributed by atoms with E-state index in [0.717, 1.165) is 31.2 Å². The predicted octanol–water partition coefficient (Wildman–Crippen LogP) is 4.92. The Morgan fingerprint density at radius 3 is 2.15 bits per heavy atom. The van der Waals surface area contributed by atoms with Gasteiger partial charge in [0.15, 0.2) is 0 Å². The maximum atomic E-state index is 13.5. The quantitative estimate of drug-likeness (QED) is 0.375. The molecule has 8 nitrogen and oxygen atoms in total. The van der Waals surface area contributed by atoms with E-state index in [1.807, 2.05) is 12.1 Å². The predicted molar refractivity (Wildman–Crippen MR) is 151 cm³/mol. The van der Waals surface area contributed by atoms with Crippen LogP contribution in [0.3, 0.4) is 0 Å². The standard InChI is InChI=1S/C31H33N3O5S/c1-2-3-21-33-29(36)31(19-9-10-20-31)30(37)34(33)22-23-15-17-24(18-16-23)26-13-7-8-14-27(26)40(38,39)32-28(35)25-11-5-4-6-12-25/h4-8,11-18H,2-3,9-10,19-22H2,1H3,(H,32,35). The molecule has 3 amide bonds. The molecule has 0 bridgehead atoms. The van der Waals surface area contributed by atoms with Crippen LogP contribution in [0.1, 0.15) is 61.4 Å². The lowest BCUT2D eigenvalue weighted by Crippen LogP contribution is -2.40. The summed E-state index contributed by atoms with van der Waals surface area (Å²) in [6.45, 7) is 2.84. The van der Waals surface area contributed by atoms with E-state index < -0.39 is 21.3 Å². The number of nitrogens with zero attached hydrogens (tertiary/aromatic N) is 2. The van der Waals surface area contributed by atoms with Gasteiger partial charge >= 0.3 is 0 Å². The lowest BCUT2D eigenvalue weighted by molar-refractivity contribution is -0.148. The number of sulfonamides is 1. The van der Waals surface area contributed by atoms with Crippen LogP contribution in [0.25, 0.3) is 11.1 Å². The molecule has 0 unspecified atom stereocenters. The first kappa shape index (κ1) is 27.6. The molecule has 2 fully saturated rings. The summed E-state index contributed by atoms with van der Waals surface area (Å²) in [6, 6.07) is 22.0. The zero-order chi connectivity index (χ0) is 28.3. The van der Waals surface area contributed by atoms with Crippen LogP contribution in [0.5, 0.6) is 0 Å². The first-order chi connectivity index (χ1) is 19.3. The summed E-state index contributed by atoms with van der Waals surface area (Å²) in [6.07, 6.45) is 4.72. The minimum atomic E-state index is -4.15. The molecule has 9 heteroatoms. The summed E-state index contributed by atoms with van der Waals surface area (Å²) < 4.78 is 28.6. The molecule has 1 aliphatic heterocycles. The number of nitrogens with one attached hydrogen (secondary N) is 1. The highest BCUT2D eigenvalue weighted by atomic mass is 32.2. The van der Waals surface area contributed by atoms with E-state index in [0.29, 0.717) is 30.5 Å². The molecule has 1 saturated carbocycles. The molecule has 1 heterocycles. The smallest absolute Gasteiger partial charge is 0.264 e. The van der Waals surface area contributed by atoms with E-state index in [1.54, 1.807) is 70.7 Å². The number of amides is 3. The highest BCUT2D eigenvalue weighted by Crippen LogP contribution is 2.46. The minimum Gasteiger partial charge on any atom is -0.272 e. The number of unbranched alkanes of at least 4 members (excludes halogenated alkanes) is 1. The van der Waals surface area contributed by atoms with Crippen molar-refractivity contribution in [2.45, 2.75) is 56.9 Å². The SMILES string of the molecule is CCCCN1C(=O)C2(CCCC2)C(=O)N1Cc1ccc(-c2ccccc2S(=O)(=O)NC(=O)c2ccccc2)cc1. The fraction of sp³-hybridized carbons (Fsp3) is 0.323. The lowest BCUT2D eigenvalue weighted by atomic mass is 9.85. The zero-order valence-corrected chi connectivity index (χ0v) is 23.3. The third-order valence-corrected chi connectivity index (χ3v) is 9.19. The molecule has 1 aliphatic carbocycles. The Balaban J connectivity index is 1.38. The first-order valence-electron chi connectivity index (χ1n) is 13.7. The van der Waals surface area contributed by atoms with E-state index in [2.05, 4.69) is 11.6 Å². The van der Waals surface area contributed by atoms with Gasteiger partial charge in [0.25, 0.3) is 27.7 Å². The molecule has 3 aromatic carbocycles. The van der Waals surface area contributed by atoms with Crippen LogP contribution in [-0.2, 0) is 26.2 Å². The summed E-state index contributed by atoms with van der Waals surface area (Å²) in [5.74, 6) is -0.888. The number of hydrogen-bond donors (Lipinski definition) is 1. The van der Waals surface area contributed by atoms with Crippen molar-refractivity contribution in [2.75, 3.05) is 6.54 Å². The maximum absolute atomic E-state index is 13.5. The number of carbonyl (C=O) groups excluding carboxylic acids is 3. The normalized spacial score (nSPS) is 16.6. The number of benzene rings is 3. The average molecular weight is 560 g/mol. The second kappa shape index (κ2) is 11.3. The zero-order valence-electron chi connectivity index (χ0n) is 22.5. The monoisotopic (exact) mass is 559 g/mol. The molecular weight excluding hydrogens is 526 g/mol. The van der Waals surface area contributed by atoms with Gasteiger partial charge in [0.1, 0.15) is 5.41 Å². The number of carbonyl (C=O) groups is 3. The first-order valence-corrected chi connectivity index (χ1v) is 15.2. The van der Waals surface area contributed by atoms with Gasteiger partial charge < -0.3 is 0 Å². The van der Waals surface area contributed by atoms with Gasteiger partial charge in [-0.05, 0) is 48.6 Å². The second-order valence-electron chi connectivity index (χ2n) is 10.4. The topological polar surface area (TPSA) is 104 Å². The summed E-state index contributed by atoms with van der Waals surface area (Å²) >= 11 is 0. The molecule has 1 saturated heterocycles. The fourth-order valence-corrected chi connectivity index (χ4v) is 6.83. The van der Waals surface area contributed by atoms with Crippen LogP contribution < -0.4 is 4.72 Å². The molecule has 0 aromatic heterocycles. The second-order valence-corrected chi connectivity index (χ2v) is 12.1. The van der Waals surface area contributed by atoms with Crippen molar-refractivity contribution < 1.29 is 22.8 Å². The van der Waals surface area contributed by atoms with Gasteiger partial charge in [0.05, 0.1) is 11.4 Å². The number of rotatable bonds is 9. The van der Waals surface area contributed by atoms with Gasteiger partial charge in [0.2, 0.25) is 0 Å². The third-order valence-electron chi connectivity index (χ3n) is 7.80. The Morgan fingerprint density at radius 1 is 0.850 bits per heavy atom. The van der Waals surface area contributed by atoms with E-state index in [-0.39, 0.29) is 28.8 Å². The van der Waals surface area contributed by atoms with Gasteiger partial charge in [0, 0.05) is 17.7 Å². The Morgan fingerprint density at radius 2 is 1.48 bits per heavy atom. The average Bonchev–Trinajstić information content (AvgIpc) is 3.54. The molecule has 0 radical (unpaired) electrons. The van der Waals surface area contributed by atoms with Crippen LogP contribution in [0, 0.1) is 5.41 Å². The van der Waals surface area contributed by atoms with Gasteiger partial charge in [-0.2, -0.15) is 0 Å². The molecule has 40 heavy (non-hydrogen) atoms. The summed E-state index contributed by atoms with van der Waals surface area (Å²) in [5.41, 5.74) is 1.26. The van der Waals surface area contributed by atoms with Crippen LogP contribution in [0.15, 0.2) is 83.8 Å². The van der Waals surface area contributed by atoms with E-state index in [1.165, 1.54) is 6.07 Å². The van der Waals surface area contributed by atoms with Gasteiger partial charge in [-0.25, -0.2) is 18.1 Å². The molecule has 208 valence electrons. The summed E-state index contributed by atoms with van der Waals surface area (Å²) in [7, 11) is -4.15. The Kier molecular flexibility index (Phi) is 7.76. The number of hydrogen-bond acceptors (Lipinski definition) is 5. The van der Waals surface area contributed by atoms with E-state index >= 15 is 0 Å². The highest BCUT2D eigenvalue weighted by molar-refractivity contribution is 7.90. The third kappa shape index (κ3) is 5.13. The Labute approximate surface area is 235 Å². The molecule has 1 N–H and O–H groups in total. The molecule has 5 rings (SSSR count). The van der Waals surface area contributed by atoms with Crippen LogP contribution in [0.2, 0.25) is 0 Å². The minimum absolute atomic E-state index is 0.0127. The van der Waals surface area contributed by atoms with Crippen molar-refractivity contribution in [3.63, 3.8) is 0 Å². The maximum Gasteiger partial charge on any atom is 0.264 e. The molecule has 0 atom stereocenters. The van der Waals surface area contributed by atoms with Crippen molar-refractivity contribution in [3.8, 4) is 11.1 Å². The highest BCUT2D eigenvalue weighted by Gasteiger charge is 2.58. The van der Waals surface area contributed by atoms with Gasteiger partial charge in [-0.15, -0.1) is 0 Å². The van der Waals surface area contributed by atoms with Crippen LogP contribution >= 0.6 is 0 Å². The van der Waals surface area contributed by atoms with Gasteiger partial charge in [-0.1, -0.05) is 86.8 Å². The lowest BCUT2D eigenvalue weighted by Gasteiger charge is -2.28. The van der Waals surface area contributed by atoms with Crippen molar-refractivity contribution in [2.24, 2.45) is 5.41 Å². The number of hydrazine groups is 1. The van der Waals surface area contributed by atoms with Crippen molar-refractivity contribution >= 4 is 27.7 Å². The largest absolute Gasteiger partial charge is 0.272 e. The summed E-state index contributed by atoms with van der Waals surface area (Å²) in [5, 5.41) is 3.25. The van der Waals surface area contributed by atoms with E-state index in [9.17, 15) is 22.8 Å². The fourth-order valence-electron chi connectivity index (χ4n) is 5.63. The van der Waals surface area contributed by atoms with Crippen molar-refractivity contribution in [1.82, 2.24) is 14.7 Å².